The number of aryl methyl sites for hydroxylation is 1. The minimum atomic E-state index is -0.0259. The molecular formula is C16H20O2. The maximum atomic E-state index is 12.2. The lowest BCUT2D eigenvalue weighted by atomic mass is 9.76. The summed E-state index contributed by atoms with van der Waals surface area (Å²) in [7, 11) is 0. The van der Waals surface area contributed by atoms with Gasteiger partial charge in [0.05, 0.1) is 0 Å². The second-order valence-corrected chi connectivity index (χ2v) is 5.14. The molecule has 0 bridgehead atoms. The molecule has 0 saturated heterocycles. The van der Waals surface area contributed by atoms with Gasteiger partial charge >= 0.3 is 0 Å². The molecule has 0 spiro atoms. The standard InChI is InChI=1S/C16H20O2/c17-12-14-8-4-5-9-15(14)16(18)11-10-13-6-2-1-3-7-13/h1-3,6-7,12,14-15H,4-5,8-11H2. The molecule has 0 amide bonds. The fraction of sp³-hybridized carbons (Fsp3) is 0.500. The Morgan fingerprint density at radius 3 is 2.61 bits per heavy atom. The van der Waals surface area contributed by atoms with Gasteiger partial charge in [-0.05, 0) is 24.8 Å². The van der Waals surface area contributed by atoms with E-state index >= 15 is 0 Å². The number of hydrogen-bond donors (Lipinski definition) is 0. The van der Waals surface area contributed by atoms with Gasteiger partial charge in [0.25, 0.3) is 0 Å². The highest BCUT2D eigenvalue weighted by molar-refractivity contribution is 5.84. The van der Waals surface area contributed by atoms with Crippen molar-refractivity contribution in [3.63, 3.8) is 0 Å². The highest BCUT2D eigenvalue weighted by atomic mass is 16.1. The third kappa shape index (κ3) is 3.28. The van der Waals surface area contributed by atoms with Gasteiger partial charge in [-0.15, -0.1) is 0 Å². The van der Waals surface area contributed by atoms with Crippen LogP contribution in [0.1, 0.15) is 37.7 Å². The van der Waals surface area contributed by atoms with E-state index < -0.39 is 0 Å². The summed E-state index contributed by atoms with van der Waals surface area (Å²) in [4.78, 5) is 23.2. The number of carbonyl (C=O) groups is 2. The van der Waals surface area contributed by atoms with E-state index in [4.69, 9.17) is 0 Å². The summed E-state index contributed by atoms with van der Waals surface area (Å²) in [6.07, 6.45) is 6.32. The van der Waals surface area contributed by atoms with Crippen molar-refractivity contribution in [1.29, 1.82) is 0 Å². The second-order valence-electron chi connectivity index (χ2n) is 5.14. The highest BCUT2D eigenvalue weighted by Crippen LogP contribution is 2.30. The average molecular weight is 244 g/mol. The van der Waals surface area contributed by atoms with E-state index in [0.717, 1.165) is 38.4 Å². The van der Waals surface area contributed by atoms with Gasteiger partial charge in [-0.25, -0.2) is 0 Å². The van der Waals surface area contributed by atoms with Crippen LogP contribution in [-0.4, -0.2) is 12.1 Å². The molecule has 2 atom stereocenters. The fourth-order valence-electron chi connectivity index (χ4n) is 2.82. The SMILES string of the molecule is O=CC1CCCCC1C(=O)CCc1ccccc1. The van der Waals surface area contributed by atoms with Crippen LogP contribution in [0.5, 0.6) is 0 Å². The predicted octanol–water partition coefficient (Wildman–Crippen LogP) is 3.19. The molecule has 1 aromatic rings. The molecule has 18 heavy (non-hydrogen) atoms. The summed E-state index contributed by atoms with van der Waals surface area (Å²) < 4.78 is 0. The molecule has 0 heterocycles. The predicted molar refractivity (Wildman–Crippen MR) is 71.3 cm³/mol. The molecule has 1 aromatic carbocycles. The Morgan fingerprint density at radius 1 is 1.17 bits per heavy atom. The zero-order valence-corrected chi connectivity index (χ0v) is 10.7. The molecule has 96 valence electrons. The molecule has 2 heteroatoms. The lowest BCUT2D eigenvalue weighted by molar-refractivity contribution is -0.129. The van der Waals surface area contributed by atoms with Crippen LogP contribution in [0.3, 0.4) is 0 Å². The van der Waals surface area contributed by atoms with Crippen LogP contribution in [0.15, 0.2) is 30.3 Å². The number of aldehydes is 1. The first kappa shape index (κ1) is 13.0. The number of hydrogen-bond acceptors (Lipinski definition) is 2. The molecule has 2 rings (SSSR count). The molecule has 0 radical (unpaired) electrons. The summed E-state index contributed by atoms with van der Waals surface area (Å²) >= 11 is 0. The normalized spacial score (nSPS) is 23.6. The van der Waals surface area contributed by atoms with Crippen molar-refractivity contribution in [3.8, 4) is 0 Å². The van der Waals surface area contributed by atoms with Crippen molar-refractivity contribution in [3.05, 3.63) is 35.9 Å². The molecular weight excluding hydrogens is 224 g/mol. The second kappa shape index (κ2) is 6.48. The van der Waals surface area contributed by atoms with Crippen LogP contribution in [0.25, 0.3) is 0 Å². The molecule has 1 aliphatic rings. The van der Waals surface area contributed by atoms with E-state index in [1.807, 2.05) is 30.3 Å². The van der Waals surface area contributed by atoms with E-state index in [-0.39, 0.29) is 17.6 Å². The van der Waals surface area contributed by atoms with Crippen LogP contribution in [0.4, 0.5) is 0 Å². The first-order chi connectivity index (χ1) is 8.81. The van der Waals surface area contributed by atoms with Gasteiger partial charge in [-0.3, -0.25) is 4.79 Å². The van der Waals surface area contributed by atoms with E-state index in [9.17, 15) is 9.59 Å². The summed E-state index contributed by atoms with van der Waals surface area (Å²) in [5.41, 5.74) is 1.20. The molecule has 1 fully saturated rings. The maximum Gasteiger partial charge on any atom is 0.137 e. The van der Waals surface area contributed by atoms with E-state index in [0.29, 0.717) is 6.42 Å². The molecule has 0 aliphatic heterocycles. The van der Waals surface area contributed by atoms with Crippen molar-refractivity contribution in [2.45, 2.75) is 38.5 Å². The molecule has 1 aliphatic carbocycles. The van der Waals surface area contributed by atoms with Gasteiger partial charge in [-0.2, -0.15) is 0 Å². The van der Waals surface area contributed by atoms with Crippen LogP contribution >= 0.6 is 0 Å². The first-order valence-corrected chi connectivity index (χ1v) is 6.83. The number of rotatable bonds is 5. The van der Waals surface area contributed by atoms with Crippen LogP contribution < -0.4 is 0 Å². The number of benzene rings is 1. The van der Waals surface area contributed by atoms with Crippen molar-refractivity contribution >= 4 is 12.1 Å². The Morgan fingerprint density at radius 2 is 1.89 bits per heavy atom. The van der Waals surface area contributed by atoms with Crippen molar-refractivity contribution in [1.82, 2.24) is 0 Å². The summed E-state index contributed by atoms with van der Waals surface area (Å²) in [5, 5.41) is 0. The number of carbonyl (C=O) groups excluding carboxylic acids is 2. The minimum absolute atomic E-state index is 0.0139. The van der Waals surface area contributed by atoms with Gasteiger partial charge < -0.3 is 4.79 Å². The van der Waals surface area contributed by atoms with Crippen molar-refractivity contribution in [2.75, 3.05) is 0 Å². The van der Waals surface area contributed by atoms with Gasteiger partial charge in [0.15, 0.2) is 0 Å². The molecule has 1 saturated carbocycles. The minimum Gasteiger partial charge on any atom is -0.303 e. The molecule has 2 nitrogen and oxygen atoms in total. The van der Waals surface area contributed by atoms with E-state index in [1.165, 1.54) is 5.56 Å². The zero-order chi connectivity index (χ0) is 12.8. The van der Waals surface area contributed by atoms with Gasteiger partial charge in [-0.1, -0.05) is 43.2 Å². The van der Waals surface area contributed by atoms with Gasteiger partial charge in [0, 0.05) is 18.3 Å². The monoisotopic (exact) mass is 244 g/mol. The Hall–Kier alpha value is -1.44. The Balaban J connectivity index is 1.89. The van der Waals surface area contributed by atoms with Gasteiger partial charge in [0.1, 0.15) is 12.1 Å². The Kier molecular flexibility index (Phi) is 4.68. The quantitative estimate of drug-likeness (QED) is 0.745. The summed E-state index contributed by atoms with van der Waals surface area (Å²) in [6.45, 7) is 0. The average Bonchev–Trinajstić information content (AvgIpc) is 2.45. The lowest BCUT2D eigenvalue weighted by Crippen LogP contribution is -2.28. The zero-order valence-electron chi connectivity index (χ0n) is 10.7. The molecule has 0 aromatic heterocycles. The Labute approximate surface area is 108 Å². The van der Waals surface area contributed by atoms with Crippen LogP contribution in [0.2, 0.25) is 0 Å². The first-order valence-electron chi connectivity index (χ1n) is 6.83. The largest absolute Gasteiger partial charge is 0.303 e. The Bertz CT molecular complexity index is 397. The molecule has 0 N–H and O–H groups in total. The smallest absolute Gasteiger partial charge is 0.137 e. The number of ketones is 1. The lowest BCUT2D eigenvalue weighted by Gasteiger charge is -2.26. The summed E-state index contributed by atoms with van der Waals surface area (Å²) in [6, 6.07) is 10.1. The molecule has 2 unspecified atom stereocenters. The third-order valence-electron chi connectivity index (χ3n) is 3.91. The highest BCUT2D eigenvalue weighted by Gasteiger charge is 2.29. The van der Waals surface area contributed by atoms with Crippen molar-refractivity contribution < 1.29 is 9.59 Å². The van der Waals surface area contributed by atoms with E-state index in [2.05, 4.69) is 0 Å². The maximum absolute atomic E-state index is 12.2. The topological polar surface area (TPSA) is 34.1 Å². The third-order valence-corrected chi connectivity index (χ3v) is 3.91. The van der Waals surface area contributed by atoms with Crippen LogP contribution in [-0.2, 0) is 16.0 Å². The van der Waals surface area contributed by atoms with Crippen LogP contribution in [0, 0.1) is 11.8 Å². The van der Waals surface area contributed by atoms with E-state index in [1.54, 1.807) is 0 Å². The number of Topliss-reactive ketones (excluding diaryl/α,β-unsaturated/α-hetero) is 1. The fourth-order valence-corrected chi connectivity index (χ4v) is 2.82. The summed E-state index contributed by atoms with van der Waals surface area (Å²) in [5.74, 6) is 0.234. The van der Waals surface area contributed by atoms with Crippen molar-refractivity contribution in [2.24, 2.45) is 11.8 Å². The van der Waals surface area contributed by atoms with Gasteiger partial charge in [0.2, 0.25) is 0 Å².